The van der Waals surface area contributed by atoms with Crippen LogP contribution in [0.1, 0.15) is 10.4 Å². The van der Waals surface area contributed by atoms with Gasteiger partial charge in [-0.3, -0.25) is 9.59 Å². The second-order valence-electron chi connectivity index (χ2n) is 5.19. The molecule has 2 aromatic carbocycles. The van der Waals surface area contributed by atoms with Gasteiger partial charge in [-0.1, -0.05) is 15.9 Å². The first kappa shape index (κ1) is 20.3. The van der Waals surface area contributed by atoms with Crippen LogP contribution in [0.25, 0.3) is 0 Å². The Balaban J connectivity index is 1.78. The van der Waals surface area contributed by atoms with Crippen LogP contribution in [0, 0.1) is 11.6 Å². The van der Waals surface area contributed by atoms with Gasteiger partial charge in [0.2, 0.25) is 5.91 Å². The molecule has 3 N–H and O–H groups in total. The van der Waals surface area contributed by atoms with Gasteiger partial charge in [-0.25, -0.2) is 13.6 Å². The molecular formula is C17H13BrF2N2O5. The van der Waals surface area contributed by atoms with Crippen molar-refractivity contribution in [3.63, 3.8) is 0 Å². The van der Waals surface area contributed by atoms with Gasteiger partial charge in [0.25, 0.3) is 5.91 Å². The lowest BCUT2D eigenvalue weighted by atomic mass is 10.2. The number of phenols is 1. The maximum absolute atomic E-state index is 13.0. The van der Waals surface area contributed by atoms with Crippen molar-refractivity contribution in [2.24, 2.45) is 0 Å². The molecule has 0 radical (unpaired) electrons. The van der Waals surface area contributed by atoms with Crippen molar-refractivity contribution in [3.05, 3.63) is 58.1 Å². The molecule has 0 fully saturated rings. The maximum Gasteiger partial charge on any atom is 0.342 e. The van der Waals surface area contributed by atoms with E-state index < -0.39 is 42.6 Å². The summed E-state index contributed by atoms with van der Waals surface area (Å²) >= 11 is 3.13. The number of rotatable bonds is 6. The zero-order valence-corrected chi connectivity index (χ0v) is 15.2. The zero-order valence-electron chi connectivity index (χ0n) is 13.6. The highest BCUT2D eigenvalue weighted by Crippen LogP contribution is 2.22. The molecule has 0 aromatic heterocycles. The summed E-state index contributed by atoms with van der Waals surface area (Å²) in [5, 5.41) is 14.1. The van der Waals surface area contributed by atoms with E-state index in [0.717, 1.165) is 18.2 Å². The van der Waals surface area contributed by atoms with Gasteiger partial charge in [0, 0.05) is 16.2 Å². The van der Waals surface area contributed by atoms with E-state index in [2.05, 4.69) is 26.6 Å². The van der Waals surface area contributed by atoms with E-state index in [0.29, 0.717) is 4.47 Å². The lowest BCUT2D eigenvalue weighted by Gasteiger charge is -2.09. The Morgan fingerprint density at radius 1 is 1.04 bits per heavy atom. The monoisotopic (exact) mass is 442 g/mol. The average Bonchev–Trinajstić information content (AvgIpc) is 2.63. The number of hydrogen-bond donors (Lipinski definition) is 3. The predicted molar refractivity (Wildman–Crippen MR) is 94.1 cm³/mol. The van der Waals surface area contributed by atoms with Crippen molar-refractivity contribution >= 4 is 39.4 Å². The van der Waals surface area contributed by atoms with Crippen LogP contribution in [0.15, 0.2) is 40.9 Å². The number of benzene rings is 2. The van der Waals surface area contributed by atoms with Crippen molar-refractivity contribution in [3.8, 4) is 5.75 Å². The Labute approximate surface area is 160 Å². The Hall–Kier alpha value is -3.01. The quantitative estimate of drug-likeness (QED) is 0.595. The topological polar surface area (TPSA) is 105 Å². The highest BCUT2D eigenvalue weighted by molar-refractivity contribution is 9.10. The van der Waals surface area contributed by atoms with Gasteiger partial charge in [0.1, 0.15) is 11.3 Å². The fourth-order valence-corrected chi connectivity index (χ4v) is 2.25. The predicted octanol–water partition coefficient (Wildman–Crippen LogP) is 2.34. The van der Waals surface area contributed by atoms with Crippen LogP contribution >= 0.6 is 15.9 Å². The molecule has 2 rings (SSSR count). The average molecular weight is 443 g/mol. The summed E-state index contributed by atoms with van der Waals surface area (Å²) < 4.78 is 31.1. The number of ether oxygens (including phenoxy) is 1. The van der Waals surface area contributed by atoms with E-state index >= 15 is 0 Å². The van der Waals surface area contributed by atoms with E-state index in [1.165, 1.54) is 18.2 Å². The van der Waals surface area contributed by atoms with E-state index in [-0.39, 0.29) is 17.0 Å². The number of aromatic hydroxyl groups is 1. The summed E-state index contributed by atoms with van der Waals surface area (Å²) in [7, 11) is 0. The Morgan fingerprint density at radius 3 is 2.48 bits per heavy atom. The molecule has 2 aromatic rings. The first-order valence-electron chi connectivity index (χ1n) is 7.43. The van der Waals surface area contributed by atoms with Crippen molar-refractivity contribution in [2.75, 3.05) is 18.5 Å². The van der Waals surface area contributed by atoms with Crippen LogP contribution in [0.3, 0.4) is 0 Å². The molecule has 0 aliphatic heterocycles. The first-order valence-corrected chi connectivity index (χ1v) is 8.23. The highest BCUT2D eigenvalue weighted by Gasteiger charge is 2.15. The molecule has 0 heterocycles. The molecule has 0 atom stereocenters. The Bertz CT molecular complexity index is 892. The number of carbonyl (C=O) groups is 3. The molecule has 0 spiro atoms. The third kappa shape index (κ3) is 6.03. The third-order valence-electron chi connectivity index (χ3n) is 3.16. The molecule has 0 saturated carbocycles. The summed E-state index contributed by atoms with van der Waals surface area (Å²) in [5.41, 5.74) is -0.113. The molecule has 0 bridgehead atoms. The van der Waals surface area contributed by atoms with Crippen LogP contribution in [0.4, 0.5) is 14.5 Å². The molecule has 2 amide bonds. The van der Waals surface area contributed by atoms with Crippen molar-refractivity contribution in [2.45, 2.75) is 0 Å². The number of halogens is 3. The molecule has 0 aliphatic rings. The Kier molecular flexibility index (Phi) is 6.83. The molecule has 0 saturated heterocycles. The van der Waals surface area contributed by atoms with E-state index in [1.807, 2.05) is 0 Å². The van der Waals surface area contributed by atoms with Crippen LogP contribution in [-0.2, 0) is 14.3 Å². The van der Waals surface area contributed by atoms with E-state index in [4.69, 9.17) is 4.74 Å². The zero-order chi connectivity index (χ0) is 20.0. The van der Waals surface area contributed by atoms with Crippen LogP contribution < -0.4 is 10.6 Å². The summed E-state index contributed by atoms with van der Waals surface area (Å²) in [6, 6.07) is 6.92. The lowest BCUT2D eigenvalue weighted by Crippen LogP contribution is -2.35. The standard InChI is InChI=1S/C17H13BrF2N2O5/c18-9-1-4-14(23)11(5-9)17(26)27-8-16(25)21-7-15(24)22-10-2-3-12(19)13(20)6-10/h1-6,23H,7-8H2,(H,21,25)(H,22,24). The third-order valence-corrected chi connectivity index (χ3v) is 3.66. The molecule has 142 valence electrons. The number of anilines is 1. The summed E-state index contributed by atoms with van der Waals surface area (Å²) in [6.45, 7) is -1.15. The van der Waals surface area contributed by atoms with Gasteiger partial charge in [-0.15, -0.1) is 0 Å². The second kappa shape index (κ2) is 9.08. The minimum Gasteiger partial charge on any atom is -0.507 e. The van der Waals surface area contributed by atoms with Gasteiger partial charge in [-0.2, -0.15) is 0 Å². The molecule has 0 aliphatic carbocycles. The van der Waals surface area contributed by atoms with Gasteiger partial charge in [0.15, 0.2) is 18.2 Å². The first-order chi connectivity index (χ1) is 12.8. The van der Waals surface area contributed by atoms with Crippen LogP contribution in [0.5, 0.6) is 5.75 Å². The number of carbonyl (C=O) groups excluding carboxylic acids is 3. The molecule has 0 unspecified atom stereocenters. The Morgan fingerprint density at radius 2 is 1.78 bits per heavy atom. The lowest BCUT2D eigenvalue weighted by molar-refractivity contribution is -0.126. The largest absolute Gasteiger partial charge is 0.507 e. The number of amides is 2. The number of nitrogens with one attached hydrogen (secondary N) is 2. The highest BCUT2D eigenvalue weighted by atomic mass is 79.9. The van der Waals surface area contributed by atoms with Gasteiger partial charge >= 0.3 is 5.97 Å². The maximum atomic E-state index is 13.0. The normalized spacial score (nSPS) is 10.2. The summed E-state index contributed by atoms with van der Waals surface area (Å²) in [4.78, 5) is 35.1. The molecular weight excluding hydrogens is 430 g/mol. The number of phenolic OH excluding ortho intramolecular Hbond substituents is 1. The number of hydrogen-bond acceptors (Lipinski definition) is 5. The van der Waals surface area contributed by atoms with Crippen molar-refractivity contribution in [1.29, 1.82) is 0 Å². The van der Waals surface area contributed by atoms with Crippen molar-refractivity contribution in [1.82, 2.24) is 5.32 Å². The molecule has 7 nitrogen and oxygen atoms in total. The minimum absolute atomic E-state index is 0.0182. The smallest absolute Gasteiger partial charge is 0.342 e. The SMILES string of the molecule is O=C(COC(=O)c1cc(Br)ccc1O)NCC(=O)Nc1ccc(F)c(F)c1. The van der Waals surface area contributed by atoms with Crippen molar-refractivity contribution < 1.29 is 33.0 Å². The fourth-order valence-electron chi connectivity index (χ4n) is 1.89. The van der Waals surface area contributed by atoms with Crippen LogP contribution in [0.2, 0.25) is 0 Å². The summed E-state index contributed by atoms with van der Waals surface area (Å²) in [5.74, 6) is -4.87. The van der Waals surface area contributed by atoms with E-state index in [1.54, 1.807) is 0 Å². The summed E-state index contributed by atoms with van der Waals surface area (Å²) in [6.07, 6.45) is 0. The molecule has 27 heavy (non-hydrogen) atoms. The molecule has 10 heteroatoms. The van der Waals surface area contributed by atoms with E-state index in [9.17, 15) is 28.3 Å². The second-order valence-corrected chi connectivity index (χ2v) is 6.11. The van der Waals surface area contributed by atoms with Gasteiger partial charge in [-0.05, 0) is 30.3 Å². The van der Waals surface area contributed by atoms with Crippen LogP contribution in [-0.4, -0.2) is 36.0 Å². The number of esters is 1. The minimum atomic E-state index is -1.13. The fraction of sp³-hybridized carbons (Fsp3) is 0.118. The van der Waals surface area contributed by atoms with Gasteiger partial charge in [0.05, 0.1) is 6.54 Å². The van der Waals surface area contributed by atoms with Gasteiger partial charge < -0.3 is 20.5 Å².